The van der Waals surface area contributed by atoms with Crippen molar-refractivity contribution in [3.05, 3.63) is 0 Å². The minimum absolute atomic E-state index is 0.0495. The summed E-state index contributed by atoms with van der Waals surface area (Å²) in [6, 6.07) is 0. The molecule has 4 nitrogen and oxygen atoms in total. The molecule has 0 radical (unpaired) electrons. The number of hydrogen-bond donors (Lipinski definition) is 2. The molecular weight excluding hydrogens is 194 g/mol. The fourth-order valence-corrected chi connectivity index (χ4v) is 1.72. The Bertz CT molecular complexity index is 189. The third-order valence-corrected chi connectivity index (χ3v) is 2.59. The second kappa shape index (κ2) is 4.84. The van der Waals surface area contributed by atoms with E-state index in [-0.39, 0.29) is 18.3 Å². The van der Waals surface area contributed by atoms with Crippen molar-refractivity contribution in [3.8, 4) is 0 Å². The largest absolute Gasteiger partial charge is 0.481 e. The predicted molar refractivity (Wildman–Crippen MR) is 48.8 cm³/mol. The molecular formula is C7H12BClO4. The summed E-state index contributed by atoms with van der Waals surface area (Å²) in [5.41, 5.74) is 0. The van der Waals surface area contributed by atoms with Crippen LogP contribution in [0.2, 0.25) is 5.82 Å². The third-order valence-electron chi connectivity index (χ3n) is 2.20. The van der Waals surface area contributed by atoms with E-state index in [0.717, 1.165) is 6.42 Å². The van der Waals surface area contributed by atoms with Crippen molar-refractivity contribution in [1.29, 1.82) is 0 Å². The Kier molecular flexibility index (Phi) is 4.03. The number of halogens is 1. The Morgan fingerprint density at radius 3 is 2.77 bits per heavy atom. The van der Waals surface area contributed by atoms with Crippen LogP contribution < -0.4 is 0 Å². The molecule has 0 aromatic heterocycles. The van der Waals surface area contributed by atoms with Crippen molar-refractivity contribution in [1.82, 2.24) is 0 Å². The molecule has 0 aromatic rings. The van der Waals surface area contributed by atoms with Gasteiger partial charge in [0.2, 0.25) is 0 Å². The van der Waals surface area contributed by atoms with E-state index in [0.29, 0.717) is 12.3 Å². The van der Waals surface area contributed by atoms with Gasteiger partial charge in [-0.25, -0.2) is 0 Å². The van der Waals surface area contributed by atoms with Gasteiger partial charge in [0.15, 0.2) is 0 Å². The molecule has 2 atom stereocenters. The van der Waals surface area contributed by atoms with Crippen molar-refractivity contribution in [3.63, 3.8) is 0 Å². The Labute approximate surface area is 82.0 Å². The summed E-state index contributed by atoms with van der Waals surface area (Å²) >= 11 is 5.57. The highest BCUT2D eigenvalue weighted by Crippen LogP contribution is 2.28. The summed E-state index contributed by atoms with van der Waals surface area (Å²) in [6.45, 7) is 0. The van der Waals surface area contributed by atoms with Crippen LogP contribution in [0.3, 0.4) is 0 Å². The molecule has 0 aromatic carbocycles. The molecule has 1 saturated heterocycles. The number of aliphatic carboxylic acids is 1. The van der Waals surface area contributed by atoms with Gasteiger partial charge in [-0.2, -0.15) is 0 Å². The van der Waals surface area contributed by atoms with Gasteiger partial charge in [-0.1, -0.05) is 0 Å². The molecule has 1 aliphatic heterocycles. The third kappa shape index (κ3) is 3.17. The standard InChI is InChI=1S/C7H12BClO4/c9-4-5-1-2-6(3-7(10)11)13-8(5)12/h5-6,12H,1-4H2,(H,10,11)/t5-,6?/m1/s1. The normalized spacial score (nSPS) is 28.9. The maximum atomic E-state index is 10.3. The van der Waals surface area contributed by atoms with Gasteiger partial charge in [-0.15, -0.1) is 11.6 Å². The summed E-state index contributed by atoms with van der Waals surface area (Å²) in [5.74, 6) is -0.616. The molecule has 74 valence electrons. The summed E-state index contributed by atoms with van der Waals surface area (Å²) in [5, 5.41) is 17.8. The Balaban J connectivity index is 2.36. The van der Waals surface area contributed by atoms with Crippen molar-refractivity contribution in [2.24, 2.45) is 0 Å². The summed E-state index contributed by atoms with van der Waals surface area (Å²) in [4.78, 5) is 10.3. The van der Waals surface area contributed by atoms with Crippen LogP contribution in [0, 0.1) is 0 Å². The first-order chi connectivity index (χ1) is 6.13. The molecule has 2 N–H and O–H groups in total. The van der Waals surface area contributed by atoms with Gasteiger partial charge in [-0.05, 0) is 12.8 Å². The van der Waals surface area contributed by atoms with Crippen LogP contribution >= 0.6 is 11.6 Å². The zero-order chi connectivity index (χ0) is 9.84. The fraction of sp³-hybridized carbons (Fsp3) is 0.857. The molecule has 1 rings (SSSR count). The van der Waals surface area contributed by atoms with Crippen LogP contribution in [0.25, 0.3) is 0 Å². The molecule has 13 heavy (non-hydrogen) atoms. The van der Waals surface area contributed by atoms with Crippen LogP contribution in [-0.4, -0.2) is 35.2 Å². The lowest BCUT2D eigenvalue weighted by atomic mass is 9.68. The SMILES string of the molecule is O=C(O)CC1CC[C@H](CCl)B(O)O1. The summed E-state index contributed by atoms with van der Waals surface area (Å²) in [6.07, 6.45) is 0.960. The monoisotopic (exact) mass is 206 g/mol. The number of hydrogen-bond acceptors (Lipinski definition) is 3. The Morgan fingerprint density at radius 1 is 1.62 bits per heavy atom. The Hall–Kier alpha value is -0.255. The second-order valence-corrected chi connectivity index (χ2v) is 3.55. The molecule has 1 unspecified atom stereocenters. The highest BCUT2D eigenvalue weighted by molar-refractivity contribution is 6.47. The molecule has 1 heterocycles. The lowest BCUT2D eigenvalue weighted by molar-refractivity contribution is -0.139. The van der Waals surface area contributed by atoms with Gasteiger partial charge in [0, 0.05) is 11.7 Å². The van der Waals surface area contributed by atoms with E-state index in [1.165, 1.54) is 0 Å². The van der Waals surface area contributed by atoms with Crippen molar-refractivity contribution < 1.29 is 19.6 Å². The van der Waals surface area contributed by atoms with Gasteiger partial charge in [-0.3, -0.25) is 4.79 Å². The molecule has 1 aliphatic rings. The summed E-state index contributed by atoms with van der Waals surface area (Å²) in [7, 11) is -0.907. The van der Waals surface area contributed by atoms with Gasteiger partial charge < -0.3 is 14.8 Å². The van der Waals surface area contributed by atoms with Crippen LogP contribution in [0.4, 0.5) is 0 Å². The Morgan fingerprint density at radius 2 is 2.31 bits per heavy atom. The lowest BCUT2D eigenvalue weighted by Crippen LogP contribution is -2.37. The second-order valence-electron chi connectivity index (χ2n) is 3.24. The zero-order valence-electron chi connectivity index (χ0n) is 7.15. The molecule has 1 fully saturated rings. The van der Waals surface area contributed by atoms with Crippen LogP contribution in [0.15, 0.2) is 0 Å². The molecule has 0 amide bonds. The van der Waals surface area contributed by atoms with E-state index in [4.69, 9.17) is 21.4 Å². The van der Waals surface area contributed by atoms with Gasteiger partial charge >= 0.3 is 13.1 Å². The first kappa shape index (κ1) is 10.8. The first-order valence-electron chi connectivity index (χ1n) is 4.24. The van der Waals surface area contributed by atoms with Crippen LogP contribution in [-0.2, 0) is 9.45 Å². The number of alkyl halides is 1. The first-order valence-corrected chi connectivity index (χ1v) is 4.78. The highest BCUT2D eigenvalue weighted by Gasteiger charge is 2.34. The van der Waals surface area contributed by atoms with E-state index in [9.17, 15) is 9.82 Å². The smallest absolute Gasteiger partial charge is 0.458 e. The molecule has 0 bridgehead atoms. The average molecular weight is 206 g/mol. The van der Waals surface area contributed by atoms with Crippen molar-refractivity contribution >= 4 is 24.7 Å². The number of carboxylic acids is 1. The van der Waals surface area contributed by atoms with Gasteiger partial charge in [0.05, 0.1) is 12.5 Å². The minimum Gasteiger partial charge on any atom is -0.481 e. The molecule has 0 spiro atoms. The molecule has 0 saturated carbocycles. The van der Waals surface area contributed by atoms with Crippen LogP contribution in [0.5, 0.6) is 0 Å². The van der Waals surface area contributed by atoms with E-state index in [2.05, 4.69) is 0 Å². The minimum atomic E-state index is -0.907. The molecule has 6 heteroatoms. The van der Waals surface area contributed by atoms with Crippen molar-refractivity contribution in [2.75, 3.05) is 5.88 Å². The van der Waals surface area contributed by atoms with Gasteiger partial charge in [0.1, 0.15) is 0 Å². The zero-order valence-corrected chi connectivity index (χ0v) is 7.91. The maximum absolute atomic E-state index is 10.3. The topological polar surface area (TPSA) is 66.8 Å². The van der Waals surface area contributed by atoms with E-state index in [1.54, 1.807) is 0 Å². The van der Waals surface area contributed by atoms with E-state index >= 15 is 0 Å². The van der Waals surface area contributed by atoms with E-state index < -0.39 is 13.1 Å². The van der Waals surface area contributed by atoms with Gasteiger partial charge in [0.25, 0.3) is 0 Å². The number of carbonyl (C=O) groups is 1. The lowest BCUT2D eigenvalue weighted by Gasteiger charge is -2.29. The van der Waals surface area contributed by atoms with Crippen LogP contribution in [0.1, 0.15) is 19.3 Å². The molecule has 0 aliphatic carbocycles. The number of carboxylic acid groups (broad SMARTS) is 1. The number of rotatable bonds is 3. The van der Waals surface area contributed by atoms with E-state index in [1.807, 2.05) is 0 Å². The van der Waals surface area contributed by atoms with Crippen molar-refractivity contribution in [2.45, 2.75) is 31.2 Å². The fourth-order valence-electron chi connectivity index (χ4n) is 1.42. The highest BCUT2D eigenvalue weighted by atomic mass is 35.5. The summed E-state index contributed by atoms with van der Waals surface area (Å²) < 4.78 is 5.09. The average Bonchev–Trinajstić information content (AvgIpc) is 2.03. The quantitative estimate of drug-likeness (QED) is 0.528. The maximum Gasteiger partial charge on any atom is 0.458 e. The predicted octanol–water partition coefficient (Wildman–Crippen LogP) is 0.730.